The summed E-state index contributed by atoms with van der Waals surface area (Å²) in [5.74, 6) is 1.34. The first-order chi connectivity index (χ1) is 17.9. The van der Waals surface area contributed by atoms with Gasteiger partial charge >= 0.3 is 0 Å². The Morgan fingerprint density at radius 2 is 1.84 bits per heavy atom. The van der Waals surface area contributed by atoms with Crippen molar-refractivity contribution in [2.75, 3.05) is 29.5 Å². The summed E-state index contributed by atoms with van der Waals surface area (Å²) in [4.78, 5) is 20.9. The maximum absolute atomic E-state index is 13.3. The molecule has 3 aromatic rings. The van der Waals surface area contributed by atoms with E-state index in [1.165, 1.54) is 11.8 Å². The third kappa shape index (κ3) is 4.74. The molecule has 0 aromatic carbocycles. The van der Waals surface area contributed by atoms with E-state index >= 15 is 0 Å². The number of pyridine rings is 2. The van der Waals surface area contributed by atoms with Crippen LogP contribution in [0, 0.1) is 5.41 Å². The van der Waals surface area contributed by atoms with Crippen LogP contribution in [0.1, 0.15) is 51.8 Å². The zero-order valence-corrected chi connectivity index (χ0v) is 24.4. The monoisotopic (exact) mass is 572 g/mol. The lowest BCUT2D eigenvalue weighted by molar-refractivity contribution is 0.101. The summed E-state index contributed by atoms with van der Waals surface area (Å²) in [6.45, 7) is 9.74. The summed E-state index contributed by atoms with van der Waals surface area (Å²) in [6.07, 6.45) is 7.82. The van der Waals surface area contributed by atoms with Gasteiger partial charge in [0, 0.05) is 41.5 Å². The molecule has 202 valence electrons. The highest BCUT2D eigenvalue weighted by atomic mass is 35.5. The molecule has 12 heteroatoms. The van der Waals surface area contributed by atoms with Crippen LogP contribution in [0.4, 0.5) is 17.5 Å². The van der Waals surface area contributed by atoms with E-state index in [1.54, 1.807) is 18.5 Å². The molecule has 1 fully saturated rings. The Balaban J connectivity index is 1.36. The van der Waals surface area contributed by atoms with Gasteiger partial charge in [-0.2, -0.15) is 0 Å². The number of halogens is 1. The number of rotatable bonds is 5. The van der Waals surface area contributed by atoms with E-state index in [1.807, 2.05) is 33.0 Å². The first-order valence-electron chi connectivity index (χ1n) is 12.5. The molecule has 3 aromatic heterocycles. The van der Waals surface area contributed by atoms with Crippen LogP contribution < -0.4 is 21.1 Å². The highest BCUT2D eigenvalue weighted by Gasteiger charge is 2.57. The van der Waals surface area contributed by atoms with Crippen LogP contribution in [0.15, 0.2) is 46.7 Å². The second-order valence-corrected chi connectivity index (χ2v) is 14.5. The van der Waals surface area contributed by atoms with Crippen molar-refractivity contribution in [3.05, 3.63) is 53.1 Å². The SMILES string of the molecule is CC(C)(C)[S@@](=O)NC1(C)c2cccnc2CC12CCN(c1cnc(Sc3ccnc(N)c3Cl)c(N)n1)CC2. The van der Waals surface area contributed by atoms with Crippen molar-refractivity contribution in [2.24, 2.45) is 5.41 Å². The predicted molar refractivity (Wildman–Crippen MR) is 154 cm³/mol. The lowest BCUT2D eigenvalue weighted by Gasteiger charge is -2.50. The van der Waals surface area contributed by atoms with Crippen molar-refractivity contribution in [1.82, 2.24) is 24.7 Å². The molecular formula is C26H33ClN8OS2. The summed E-state index contributed by atoms with van der Waals surface area (Å²) in [7, 11) is -1.23. The summed E-state index contributed by atoms with van der Waals surface area (Å²) >= 11 is 7.60. The Kier molecular flexibility index (Phi) is 7.08. The second-order valence-electron chi connectivity index (χ2n) is 11.1. The Bertz CT molecular complexity index is 1390. The van der Waals surface area contributed by atoms with Gasteiger partial charge < -0.3 is 16.4 Å². The highest BCUT2D eigenvalue weighted by molar-refractivity contribution is 7.99. The van der Waals surface area contributed by atoms with Crippen molar-refractivity contribution in [3.63, 3.8) is 0 Å². The maximum Gasteiger partial charge on any atom is 0.158 e. The molecule has 0 saturated carbocycles. The fourth-order valence-corrected chi connectivity index (χ4v) is 7.42. The zero-order valence-electron chi connectivity index (χ0n) is 22.0. The number of fused-ring (bicyclic) bond motifs is 1. The van der Waals surface area contributed by atoms with E-state index in [0.717, 1.165) is 54.3 Å². The van der Waals surface area contributed by atoms with Crippen LogP contribution in [0.25, 0.3) is 0 Å². The van der Waals surface area contributed by atoms with Gasteiger partial charge in [0.25, 0.3) is 0 Å². The predicted octanol–water partition coefficient (Wildman–Crippen LogP) is 4.35. The molecule has 2 atom stereocenters. The van der Waals surface area contributed by atoms with Gasteiger partial charge in [0.1, 0.15) is 16.7 Å². The third-order valence-electron chi connectivity index (χ3n) is 7.73. The molecule has 1 saturated heterocycles. The molecule has 0 amide bonds. The number of hydrogen-bond acceptors (Lipinski definition) is 9. The highest BCUT2D eigenvalue weighted by Crippen LogP contribution is 2.55. The zero-order chi connectivity index (χ0) is 27.3. The quantitative estimate of drug-likeness (QED) is 0.407. The average Bonchev–Trinajstić information content (AvgIpc) is 3.10. The van der Waals surface area contributed by atoms with Crippen molar-refractivity contribution in [3.8, 4) is 0 Å². The lowest BCUT2D eigenvalue weighted by atomic mass is 9.65. The maximum atomic E-state index is 13.3. The van der Waals surface area contributed by atoms with E-state index < -0.39 is 16.5 Å². The number of piperidine rings is 1. The smallest absolute Gasteiger partial charge is 0.158 e. The van der Waals surface area contributed by atoms with Crippen LogP contribution in [0.5, 0.6) is 0 Å². The van der Waals surface area contributed by atoms with Gasteiger partial charge in [0.15, 0.2) is 5.82 Å². The van der Waals surface area contributed by atoms with Crippen LogP contribution in [0.3, 0.4) is 0 Å². The summed E-state index contributed by atoms with van der Waals surface area (Å²) in [5.41, 5.74) is 13.8. The minimum atomic E-state index is -1.23. The van der Waals surface area contributed by atoms with Crippen molar-refractivity contribution < 1.29 is 4.21 Å². The molecule has 2 aliphatic rings. The number of anilines is 3. The van der Waals surface area contributed by atoms with Gasteiger partial charge in [-0.3, -0.25) is 4.98 Å². The van der Waals surface area contributed by atoms with Gasteiger partial charge in [-0.25, -0.2) is 23.9 Å². The second kappa shape index (κ2) is 9.93. The van der Waals surface area contributed by atoms with Crippen LogP contribution in [0.2, 0.25) is 5.02 Å². The summed E-state index contributed by atoms with van der Waals surface area (Å²) in [5, 5.41) is 0.939. The minimum Gasteiger partial charge on any atom is -0.382 e. The fourth-order valence-electron chi connectivity index (χ4n) is 5.40. The largest absolute Gasteiger partial charge is 0.382 e. The van der Waals surface area contributed by atoms with Crippen LogP contribution in [-0.4, -0.2) is 42.0 Å². The van der Waals surface area contributed by atoms with Crippen molar-refractivity contribution in [2.45, 2.75) is 67.2 Å². The van der Waals surface area contributed by atoms with Crippen LogP contribution in [-0.2, 0) is 22.9 Å². The molecule has 0 bridgehead atoms. The van der Waals surface area contributed by atoms with E-state index in [0.29, 0.717) is 15.9 Å². The molecule has 0 radical (unpaired) electrons. The van der Waals surface area contributed by atoms with Gasteiger partial charge in [0.2, 0.25) is 0 Å². The molecule has 1 spiro atoms. The molecule has 4 heterocycles. The summed E-state index contributed by atoms with van der Waals surface area (Å²) < 4.78 is 16.5. The Hall–Kier alpha value is -2.47. The van der Waals surface area contributed by atoms with E-state index in [-0.39, 0.29) is 16.0 Å². The first-order valence-corrected chi connectivity index (χ1v) is 14.9. The number of hydrogen-bond donors (Lipinski definition) is 3. The lowest BCUT2D eigenvalue weighted by Crippen LogP contribution is -2.58. The normalized spacial score (nSPS) is 21.4. The number of nitrogen functional groups attached to an aromatic ring is 2. The van der Waals surface area contributed by atoms with E-state index in [2.05, 4.69) is 37.6 Å². The first kappa shape index (κ1) is 27.1. The van der Waals surface area contributed by atoms with Gasteiger partial charge in [0.05, 0.1) is 32.5 Å². The molecule has 1 aliphatic heterocycles. The van der Waals surface area contributed by atoms with E-state index in [4.69, 9.17) is 28.1 Å². The topological polar surface area (TPSA) is 136 Å². The third-order valence-corrected chi connectivity index (χ3v) is 11.0. The van der Waals surface area contributed by atoms with Gasteiger partial charge in [-0.15, -0.1) is 0 Å². The molecule has 1 aliphatic carbocycles. The molecular weight excluding hydrogens is 540 g/mol. The standard InChI is InChI=1S/C26H33ClN8OS2/c1-24(2,3)38(36)34-25(4)16-6-5-10-30-17(16)14-26(25)8-12-35(13-9-26)19-15-32-23(22(29)33-19)37-18-7-11-31-21(28)20(18)27/h5-7,10-11,15,34H,8-9,12-14H2,1-4H3,(H2,28,31)(H2,29,33)/t25?,38-/m1/s1. The summed E-state index contributed by atoms with van der Waals surface area (Å²) in [6, 6.07) is 5.87. The van der Waals surface area contributed by atoms with Crippen molar-refractivity contribution in [1.29, 1.82) is 0 Å². The van der Waals surface area contributed by atoms with Gasteiger partial charge in [-0.05, 0) is 64.7 Å². The Labute approximate surface area is 235 Å². The van der Waals surface area contributed by atoms with Crippen molar-refractivity contribution >= 4 is 51.8 Å². The molecule has 9 nitrogen and oxygen atoms in total. The number of nitrogens with one attached hydrogen (secondary N) is 1. The fraction of sp³-hybridized carbons (Fsp3) is 0.462. The number of aromatic nitrogens is 4. The number of nitrogens with two attached hydrogens (primary N) is 2. The number of nitrogens with zero attached hydrogens (tertiary/aromatic N) is 5. The van der Waals surface area contributed by atoms with Crippen LogP contribution >= 0.6 is 23.4 Å². The Morgan fingerprint density at radius 1 is 1.11 bits per heavy atom. The molecule has 5 rings (SSSR count). The molecule has 38 heavy (non-hydrogen) atoms. The Morgan fingerprint density at radius 3 is 2.53 bits per heavy atom. The minimum absolute atomic E-state index is 0.117. The molecule has 5 N–H and O–H groups in total. The van der Waals surface area contributed by atoms with E-state index in [9.17, 15) is 4.21 Å². The average molecular weight is 573 g/mol. The van der Waals surface area contributed by atoms with Gasteiger partial charge in [-0.1, -0.05) is 29.4 Å². The molecule has 1 unspecified atom stereocenters.